The summed E-state index contributed by atoms with van der Waals surface area (Å²) in [4.78, 5) is 25.7. The van der Waals surface area contributed by atoms with Crippen LogP contribution in [0.1, 0.15) is 35.1 Å². The molecule has 0 amide bonds. The van der Waals surface area contributed by atoms with Gasteiger partial charge in [-0.3, -0.25) is 14.5 Å². The van der Waals surface area contributed by atoms with Crippen molar-refractivity contribution < 1.29 is 36.8 Å². The Balaban J connectivity index is 1.26. The summed E-state index contributed by atoms with van der Waals surface area (Å²) in [7, 11) is -2.38. The molecule has 5 rings (SSSR count). The number of aryl methyl sites for hydroxylation is 2. The van der Waals surface area contributed by atoms with Crippen LogP contribution >= 0.6 is 0 Å². The molecule has 0 radical (unpaired) electrons. The number of hydrogen-bond donors (Lipinski definition) is 0. The van der Waals surface area contributed by atoms with Gasteiger partial charge in [0.15, 0.2) is 9.84 Å². The topological polar surface area (TPSA) is 108 Å². The summed E-state index contributed by atoms with van der Waals surface area (Å²) in [6, 6.07) is 17.2. The molecule has 11 heteroatoms. The van der Waals surface area contributed by atoms with Gasteiger partial charge in [0.05, 0.1) is 24.6 Å². The molecule has 3 aromatic carbocycles. The van der Waals surface area contributed by atoms with Gasteiger partial charge >= 0.3 is 19.1 Å². The van der Waals surface area contributed by atoms with Crippen LogP contribution in [0.4, 0.5) is 0 Å². The van der Waals surface area contributed by atoms with Crippen molar-refractivity contribution in [3.63, 3.8) is 0 Å². The van der Waals surface area contributed by atoms with E-state index in [1.54, 1.807) is 31.3 Å². The lowest BCUT2D eigenvalue weighted by molar-refractivity contribution is -0.145. The number of hydrogen-bond acceptors (Lipinski definition) is 9. The zero-order valence-electron chi connectivity index (χ0n) is 24.9. The maximum absolute atomic E-state index is 12.1. The maximum Gasteiger partial charge on any atom is 0.636 e. The van der Waals surface area contributed by atoms with Gasteiger partial charge in [-0.2, -0.15) is 0 Å². The maximum atomic E-state index is 12.1. The van der Waals surface area contributed by atoms with Crippen LogP contribution in [-0.4, -0.2) is 70.1 Å². The lowest BCUT2D eigenvalue weighted by Crippen LogP contribution is -2.47. The Kier molecular flexibility index (Phi) is 9.12. The van der Waals surface area contributed by atoms with E-state index in [-0.39, 0.29) is 30.7 Å². The first-order valence-corrected chi connectivity index (χ1v) is 16.2. The Hall–Kier alpha value is -3.83. The Morgan fingerprint density at radius 2 is 1.49 bits per heavy atom. The molecule has 43 heavy (non-hydrogen) atoms. The van der Waals surface area contributed by atoms with E-state index in [0.29, 0.717) is 30.7 Å². The van der Waals surface area contributed by atoms with E-state index in [4.69, 9.17) is 18.8 Å². The lowest BCUT2D eigenvalue weighted by atomic mass is 9.78. The predicted octanol–water partition coefficient (Wildman–Crippen LogP) is 3.54. The molecule has 0 atom stereocenters. The smallest absolute Gasteiger partial charge is 0.494 e. The van der Waals surface area contributed by atoms with Crippen molar-refractivity contribution >= 4 is 34.4 Å². The van der Waals surface area contributed by atoms with E-state index in [2.05, 4.69) is 26.8 Å². The number of benzene rings is 3. The Morgan fingerprint density at radius 3 is 2.09 bits per heavy atom. The second kappa shape index (κ2) is 12.8. The lowest BCUT2D eigenvalue weighted by Gasteiger charge is -2.24. The molecule has 2 aliphatic heterocycles. The Morgan fingerprint density at radius 1 is 0.884 bits per heavy atom. The first-order chi connectivity index (χ1) is 20.5. The van der Waals surface area contributed by atoms with Crippen molar-refractivity contribution in [2.24, 2.45) is 0 Å². The first-order valence-electron chi connectivity index (χ1n) is 14.3. The van der Waals surface area contributed by atoms with Gasteiger partial charge in [0.25, 0.3) is 0 Å². The second-order valence-electron chi connectivity index (χ2n) is 11.3. The summed E-state index contributed by atoms with van der Waals surface area (Å²) >= 11 is 0. The number of nitrogens with zero attached hydrogens (tertiary/aromatic N) is 1. The van der Waals surface area contributed by atoms with Crippen LogP contribution < -0.4 is 14.9 Å². The van der Waals surface area contributed by atoms with Gasteiger partial charge in [0, 0.05) is 5.46 Å². The number of carbonyl (C=O) groups excluding carboxylic acids is 2. The average molecular weight is 606 g/mol. The van der Waals surface area contributed by atoms with E-state index >= 15 is 0 Å². The highest BCUT2D eigenvalue weighted by molar-refractivity contribution is 7.91. The van der Waals surface area contributed by atoms with E-state index in [9.17, 15) is 18.0 Å². The SMILES string of the molecule is Cc1cc(OC2CCS(=O)(=O)CC2)cc(C)c1-c1cccc(COc2ccc(B3OC(=O)CN(C)CC(=O)O3)cc2)c1C. The quantitative estimate of drug-likeness (QED) is 0.374. The molecular formula is C32H36BNO8S. The summed E-state index contributed by atoms with van der Waals surface area (Å²) in [6.45, 7) is 6.58. The van der Waals surface area contributed by atoms with Gasteiger partial charge in [-0.1, -0.05) is 30.3 Å². The molecule has 0 N–H and O–H groups in total. The number of sulfone groups is 1. The van der Waals surface area contributed by atoms with Crippen LogP contribution in [0, 0.1) is 20.8 Å². The fraction of sp³-hybridized carbons (Fsp3) is 0.375. The van der Waals surface area contributed by atoms with E-state index in [1.165, 1.54) is 4.90 Å². The van der Waals surface area contributed by atoms with Gasteiger partial charge < -0.3 is 18.8 Å². The molecule has 226 valence electrons. The van der Waals surface area contributed by atoms with Crippen LogP contribution in [0.2, 0.25) is 0 Å². The summed E-state index contributed by atoms with van der Waals surface area (Å²) in [5, 5.41) is 0. The van der Waals surface area contributed by atoms with Crippen LogP contribution in [0.25, 0.3) is 11.1 Å². The normalized spacial score (nSPS) is 17.9. The summed E-state index contributed by atoms with van der Waals surface area (Å²) in [5.41, 5.74) is 7.10. The van der Waals surface area contributed by atoms with Crippen LogP contribution in [0.3, 0.4) is 0 Å². The largest absolute Gasteiger partial charge is 0.636 e. The fourth-order valence-electron chi connectivity index (χ4n) is 5.56. The number of likely N-dealkylation sites (N-methyl/N-ethyl adjacent to an activating group) is 1. The van der Waals surface area contributed by atoms with E-state index < -0.39 is 28.9 Å². The highest BCUT2D eigenvalue weighted by atomic mass is 32.2. The van der Waals surface area contributed by atoms with Crippen molar-refractivity contribution in [1.29, 1.82) is 0 Å². The zero-order chi connectivity index (χ0) is 30.7. The number of carbonyl (C=O) groups is 2. The molecular weight excluding hydrogens is 569 g/mol. The Bertz CT molecular complexity index is 1570. The minimum Gasteiger partial charge on any atom is -0.494 e. The van der Waals surface area contributed by atoms with Crippen LogP contribution in [0.15, 0.2) is 54.6 Å². The highest BCUT2D eigenvalue weighted by Crippen LogP contribution is 2.35. The van der Waals surface area contributed by atoms with Gasteiger partial charge in [-0.25, -0.2) is 8.42 Å². The second-order valence-corrected chi connectivity index (χ2v) is 13.6. The van der Waals surface area contributed by atoms with E-state index in [0.717, 1.165) is 39.1 Å². The summed E-state index contributed by atoms with van der Waals surface area (Å²) in [5.74, 6) is 0.807. The van der Waals surface area contributed by atoms with Crippen molar-refractivity contribution in [3.8, 4) is 22.6 Å². The minimum atomic E-state index is -2.94. The molecule has 9 nitrogen and oxygen atoms in total. The van der Waals surface area contributed by atoms with Crippen LogP contribution in [0.5, 0.6) is 11.5 Å². The molecule has 0 aromatic heterocycles. The predicted molar refractivity (Wildman–Crippen MR) is 164 cm³/mol. The van der Waals surface area contributed by atoms with Gasteiger partial charge in [0.2, 0.25) is 0 Å². The Labute approximate surface area is 253 Å². The van der Waals surface area contributed by atoms with Crippen molar-refractivity contribution in [3.05, 3.63) is 76.9 Å². The summed E-state index contributed by atoms with van der Waals surface area (Å²) < 4.78 is 46.5. The average Bonchev–Trinajstić information content (AvgIpc) is 2.93. The van der Waals surface area contributed by atoms with Crippen LogP contribution in [-0.2, 0) is 35.3 Å². The van der Waals surface area contributed by atoms with Crippen molar-refractivity contribution in [1.82, 2.24) is 4.90 Å². The highest BCUT2D eigenvalue weighted by Gasteiger charge is 2.33. The molecule has 2 fully saturated rings. The molecule has 0 saturated carbocycles. The van der Waals surface area contributed by atoms with Crippen molar-refractivity contribution in [2.75, 3.05) is 31.6 Å². The molecule has 0 bridgehead atoms. The molecule has 3 aromatic rings. The molecule has 2 aliphatic rings. The van der Waals surface area contributed by atoms with Gasteiger partial charge in [-0.05, 0) is 98.3 Å². The molecule has 2 saturated heterocycles. The van der Waals surface area contributed by atoms with Gasteiger partial charge in [-0.15, -0.1) is 0 Å². The fourth-order valence-corrected chi connectivity index (χ4v) is 7.01. The number of ether oxygens (including phenoxy) is 2. The monoisotopic (exact) mass is 605 g/mol. The third-order valence-corrected chi connectivity index (χ3v) is 9.56. The summed E-state index contributed by atoms with van der Waals surface area (Å²) in [6.07, 6.45) is 0.949. The zero-order valence-corrected chi connectivity index (χ0v) is 25.7. The number of rotatable bonds is 7. The van der Waals surface area contributed by atoms with Crippen molar-refractivity contribution in [2.45, 2.75) is 46.3 Å². The molecule has 0 aliphatic carbocycles. The standard InChI is InChI=1S/C32H36BNO8S/c1-21-16-28(40-27-12-14-43(37,38)15-13-27)17-22(2)32(21)29-7-5-6-24(23(29)3)20-39-26-10-8-25(9-11-26)33-41-30(35)18-34(4)19-31(36)42-33/h5-11,16-17,27H,12-15,18-20H2,1-4H3. The third kappa shape index (κ3) is 7.58. The first kappa shape index (κ1) is 30.6. The molecule has 2 heterocycles. The molecule has 0 spiro atoms. The minimum absolute atomic E-state index is 0.0108. The molecule has 0 unspecified atom stereocenters. The van der Waals surface area contributed by atoms with Gasteiger partial charge in [0.1, 0.15) is 24.2 Å². The van der Waals surface area contributed by atoms with E-state index in [1.807, 2.05) is 24.3 Å². The third-order valence-electron chi connectivity index (χ3n) is 7.85.